The molecule has 30 heavy (non-hydrogen) atoms. The minimum Gasteiger partial charge on any atom is -0.475 e. The van der Waals surface area contributed by atoms with Crippen molar-refractivity contribution in [3.8, 4) is 5.88 Å². The molecule has 0 aliphatic rings. The third-order valence-electron chi connectivity index (χ3n) is 4.22. The number of ether oxygens (including phenoxy) is 2. The van der Waals surface area contributed by atoms with E-state index in [1.807, 2.05) is 6.92 Å². The molecule has 2 aromatic heterocycles. The Kier molecular flexibility index (Phi) is 8.36. The van der Waals surface area contributed by atoms with Crippen molar-refractivity contribution >= 4 is 23.5 Å². The molecule has 1 amide bonds. The van der Waals surface area contributed by atoms with Gasteiger partial charge in [0.15, 0.2) is 0 Å². The minimum absolute atomic E-state index is 0.0748. The molecule has 2 heterocycles. The second-order valence-electron chi connectivity index (χ2n) is 6.13. The molecule has 0 radical (unpaired) electrons. The third-order valence-corrected chi connectivity index (χ3v) is 4.22. The molecular formula is C20H27N5O5. The van der Waals surface area contributed by atoms with Gasteiger partial charge in [-0.25, -0.2) is 9.78 Å². The van der Waals surface area contributed by atoms with Gasteiger partial charge in [-0.15, -0.1) is 0 Å². The Hall–Kier alpha value is -3.40. The van der Waals surface area contributed by atoms with Gasteiger partial charge in [0.2, 0.25) is 11.8 Å². The van der Waals surface area contributed by atoms with Gasteiger partial charge in [0.05, 0.1) is 6.61 Å². The van der Waals surface area contributed by atoms with Crippen molar-refractivity contribution in [1.82, 2.24) is 14.1 Å². The summed E-state index contributed by atoms with van der Waals surface area (Å²) in [4.78, 5) is 41.2. The molecule has 0 bridgehead atoms. The lowest BCUT2D eigenvalue weighted by molar-refractivity contribution is -0.111. The number of nitrogen functional groups attached to an aromatic ring is 1. The van der Waals surface area contributed by atoms with Gasteiger partial charge in [0.1, 0.15) is 18.1 Å². The maximum absolute atomic E-state index is 12.5. The lowest BCUT2D eigenvalue weighted by atomic mass is 10.2. The number of carbonyl (C=O) groups excluding carboxylic acids is 1. The Morgan fingerprint density at radius 3 is 2.50 bits per heavy atom. The van der Waals surface area contributed by atoms with Gasteiger partial charge in [-0.3, -0.25) is 18.7 Å². The fraction of sp³-hybridized carbons (Fsp3) is 0.400. The van der Waals surface area contributed by atoms with E-state index >= 15 is 0 Å². The average molecular weight is 417 g/mol. The van der Waals surface area contributed by atoms with Gasteiger partial charge in [-0.1, -0.05) is 0 Å². The molecular weight excluding hydrogens is 390 g/mol. The quantitative estimate of drug-likeness (QED) is 0.437. The van der Waals surface area contributed by atoms with Crippen LogP contribution in [0.15, 0.2) is 34.0 Å². The molecule has 0 unspecified atom stereocenters. The number of hydrogen-bond donors (Lipinski definition) is 2. The van der Waals surface area contributed by atoms with E-state index in [0.29, 0.717) is 31.3 Å². The number of aromatic nitrogens is 3. The minimum atomic E-state index is -0.637. The largest absolute Gasteiger partial charge is 0.475 e. The monoisotopic (exact) mass is 417 g/mol. The van der Waals surface area contributed by atoms with Crippen LogP contribution >= 0.6 is 0 Å². The van der Waals surface area contributed by atoms with Crippen LogP contribution in [0.4, 0.5) is 11.5 Å². The fourth-order valence-corrected chi connectivity index (χ4v) is 2.68. The van der Waals surface area contributed by atoms with Crippen molar-refractivity contribution in [2.75, 3.05) is 30.9 Å². The summed E-state index contributed by atoms with van der Waals surface area (Å²) >= 11 is 0. The molecule has 0 atom stereocenters. The first-order valence-electron chi connectivity index (χ1n) is 9.71. The highest BCUT2D eigenvalue weighted by Gasteiger charge is 2.16. The van der Waals surface area contributed by atoms with E-state index in [4.69, 9.17) is 15.2 Å². The molecule has 0 aromatic carbocycles. The number of rotatable bonds is 10. The van der Waals surface area contributed by atoms with Gasteiger partial charge in [0, 0.05) is 38.0 Å². The summed E-state index contributed by atoms with van der Waals surface area (Å²) in [6.07, 6.45) is 4.34. The Balaban J connectivity index is 2.10. The van der Waals surface area contributed by atoms with E-state index in [1.54, 1.807) is 32.2 Å². The molecule has 0 spiro atoms. The van der Waals surface area contributed by atoms with Crippen LogP contribution in [0.3, 0.4) is 0 Å². The third kappa shape index (κ3) is 5.57. The number of nitrogens with two attached hydrogens (primary N) is 1. The van der Waals surface area contributed by atoms with Crippen LogP contribution in [0, 0.1) is 0 Å². The van der Waals surface area contributed by atoms with Crippen molar-refractivity contribution in [3.63, 3.8) is 0 Å². The topological polar surface area (TPSA) is 130 Å². The molecule has 10 nitrogen and oxygen atoms in total. The van der Waals surface area contributed by atoms with E-state index in [2.05, 4.69) is 10.3 Å². The average Bonchev–Trinajstić information content (AvgIpc) is 2.74. The normalized spacial score (nSPS) is 11.0. The molecule has 2 aromatic rings. The van der Waals surface area contributed by atoms with Crippen LogP contribution in [-0.2, 0) is 22.6 Å². The number of nitrogens with one attached hydrogen (secondary N) is 1. The molecule has 3 N–H and O–H groups in total. The SMILES string of the molecule is CCOCCOc1ccc(/C=C/C(=O)Nc2c(N)n(CC)c(=O)n(CC)c2=O)cn1. The Morgan fingerprint density at radius 1 is 1.17 bits per heavy atom. The van der Waals surface area contributed by atoms with Crippen molar-refractivity contribution in [1.29, 1.82) is 0 Å². The van der Waals surface area contributed by atoms with Gasteiger partial charge in [0.25, 0.3) is 5.56 Å². The van der Waals surface area contributed by atoms with Crippen molar-refractivity contribution in [2.24, 2.45) is 0 Å². The molecule has 162 valence electrons. The Bertz CT molecular complexity index is 1010. The predicted molar refractivity (Wildman–Crippen MR) is 115 cm³/mol. The number of carbonyl (C=O) groups is 1. The van der Waals surface area contributed by atoms with Crippen LogP contribution in [0.2, 0.25) is 0 Å². The van der Waals surface area contributed by atoms with E-state index in [-0.39, 0.29) is 24.6 Å². The molecule has 0 fully saturated rings. The number of anilines is 2. The second-order valence-corrected chi connectivity index (χ2v) is 6.13. The fourth-order valence-electron chi connectivity index (χ4n) is 2.68. The highest BCUT2D eigenvalue weighted by molar-refractivity contribution is 6.03. The summed E-state index contributed by atoms with van der Waals surface area (Å²) in [5.74, 6) is -0.181. The van der Waals surface area contributed by atoms with Gasteiger partial charge < -0.3 is 20.5 Å². The number of nitrogens with zero attached hydrogens (tertiary/aromatic N) is 3. The van der Waals surface area contributed by atoms with Crippen LogP contribution in [0.1, 0.15) is 26.3 Å². The van der Waals surface area contributed by atoms with Crippen LogP contribution in [0.25, 0.3) is 6.08 Å². The first-order valence-corrected chi connectivity index (χ1v) is 9.71. The van der Waals surface area contributed by atoms with Crippen LogP contribution in [-0.4, -0.2) is 39.8 Å². The standard InChI is InChI=1S/C20H27N5O5/c1-4-24-18(21)17(19(27)25(5-2)20(24)28)23-15(26)9-7-14-8-10-16(22-13-14)30-12-11-29-6-3/h7-10,13H,4-6,11-12,21H2,1-3H3,(H,23,26)/b9-7+. The maximum Gasteiger partial charge on any atom is 0.332 e. The lowest BCUT2D eigenvalue weighted by Gasteiger charge is -2.14. The molecule has 0 saturated heterocycles. The van der Waals surface area contributed by atoms with Gasteiger partial charge >= 0.3 is 5.69 Å². The predicted octanol–water partition coefficient (Wildman–Crippen LogP) is 1.09. The van der Waals surface area contributed by atoms with Crippen molar-refractivity contribution in [3.05, 3.63) is 50.8 Å². The highest BCUT2D eigenvalue weighted by Crippen LogP contribution is 2.12. The van der Waals surface area contributed by atoms with Crippen LogP contribution in [0.5, 0.6) is 5.88 Å². The number of pyridine rings is 1. The molecule has 0 aliphatic heterocycles. The van der Waals surface area contributed by atoms with E-state index < -0.39 is 17.2 Å². The van der Waals surface area contributed by atoms with Crippen molar-refractivity contribution < 1.29 is 14.3 Å². The van der Waals surface area contributed by atoms with E-state index in [1.165, 1.54) is 16.7 Å². The summed E-state index contributed by atoms with van der Waals surface area (Å²) in [5, 5.41) is 2.47. The molecule has 10 heteroatoms. The van der Waals surface area contributed by atoms with Crippen molar-refractivity contribution in [2.45, 2.75) is 33.9 Å². The first kappa shape index (κ1) is 22.9. The highest BCUT2D eigenvalue weighted by atomic mass is 16.5. The molecule has 0 aliphatic carbocycles. The summed E-state index contributed by atoms with van der Waals surface area (Å²) < 4.78 is 12.9. The zero-order valence-corrected chi connectivity index (χ0v) is 17.4. The number of hydrogen-bond acceptors (Lipinski definition) is 7. The molecule has 2 rings (SSSR count). The Morgan fingerprint density at radius 2 is 1.90 bits per heavy atom. The summed E-state index contributed by atoms with van der Waals surface area (Å²) in [7, 11) is 0. The zero-order chi connectivity index (χ0) is 22.1. The first-order chi connectivity index (χ1) is 14.4. The number of amides is 1. The zero-order valence-electron chi connectivity index (χ0n) is 17.4. The van der Waals surface area contributed by atoms with Gasteiger partial charge in [-0.05, 0) is 38.5 Å². The smallest absolute Gasteiger partial charge is 0.332 e. The maximum atomic E-state index is 12.5. The second kappa shape index (κ2) is 11.0. The Labute approximate surface area is 173 Å². The lowest BCUT2D eigenvalue weighted by Crippen LogP contribution is -2.42. The summed E-state index contributed by atoms with van der Waals surface area (Å²) in [6.45, 7) is 7.25. The summed E-state index contributed by atoms with van der Waals surface area (Å²) in [5.41, 5.74) is 5.33. The van der Waals surface area contributed by atoms with Gasteiger partial charge in [-0.2, -0.15) is 0 Å². The van der Waals surface area contributed by atoms with E-state index in [0.717, 1.165) is 4.57 Å². The van der Waals surface area contributed by atoms with E-state index in [9.17, 15) is 14.4 Å². The summed E-state index contributed by atoms with van der Waals surface area (Å²) in [6, 6.07) is 3.42. The molecule has 0 saturated carbocycles. The van der Waals surface area contributed by atoms with Crippen LogP contribution < -0.4 is 27.0 Å².